The molecule has 0 bridgehead atoms. The maximum absolute atomic E-state index is 10.5. The number of benzene rings is 1. The van der Waals surface area contributed by atoms with Crippen LogP contribution in [0.4, 0.5) is 10.5 Å². The van der Waals surface area contributed by atoms with Gasteiger partial charge in [0.15, 0.2) is 5.49 Å². The first kappa shape index (κ1) is 8.67. The summed E-state index contributed by atoms with van der Waals surface area (Å²) < 4.78 is 0. The molecule has 12 heavy (non-hydrogen) atoms. The van der Waals surface area contributed by atoms with Gasteiger partial charge in [-0.3, -0.25) is 0 Å². The number of thiocarbonyl (C=S) groups is 1. The predicted molar refractivity (Wildman–Crippen MR) is 49.5 cm³/mol. The first-order valence-corrected chi connectivity index (χ1v) is 3.62. The molecule has 1 aromatic rings. The molecule has 61 valence electrons. The van der Waals surface area contributed by atoms with E-state index in [1.807, 2.05) is 0 Å². The highest BCUT2D eigenvalue weighted by Crippen LogP contribution is 2.11. The molecule has 1 amide bonds. The Balaban J connectivity index is 2.95. The van der Waals surface area contributed by atoms with Gasteiger partial charge >= 0.3 is 6.09 Å². The van der Waals surface area contributed by atoms with Gasteiger partial charge in [-0.15, -0.1) is 0 Å². The summed E-state index contributed by atoms with van der Waals surface area (Å²) in [5.41, 5.74) is 2.63. The molecule has 0 unspecified atom stereocenters. The molecule has 0 atom stereocenters. The summed E-state index contributed by atoms with van der Waals surface area (Å²) in [5, 5.41) is 8.62. The van der Waals surface area contributed by atoms with Gasteiger partial charge in [-0.2, -0.15) is 0 Å². The maximum Gasteiger partial charge on any atom is 0.417 e. The molecular formula is C8H6NO2S. The van der Waals surface area contributed by atoms with Gasteiger partial charge in [0.05, 0.1) is 5.69 Å². The lowest BCUT2D eigenvalue weighted by Crippen LogP contribution is -2.26. The smallest absolute Gasteiger partial charge is 0.417 e. The number of anilines is 1. The number of amides is 1. The van der Waals surface area contributed by atoms with Crippen LogP contribution in [0.25, 0.3) is 0 Å². The molecule has 1 N–H and O–H groups in total. The summed E-state index contributed by atoms with van der Waals surface area (Å²) in [4.78, 5) is 11.4. The zero-order chi connectivity index (χ0) is 8.97. The number of para-hydroxylation sites is 1. The summed E-state index contributed by atoms with van der Waals surface area (Å²) >= 11 is 4.43. The van der Waals surface area contributed by atoms with Crippen LogP contribution in [-0.2, 0) is 0 Å². The zero-order valence-electron chi connectivity index (χ0n) is 6.10. The lowest BCUT2D eigenvalue weighted by molar-refractivity contribution is 0.206. The van der Waals surface area contributed by atoms with Crippen LogP contribution in [0, 0.1) is 0 Å². The van der Waals surface area contributed by atoms with Crippen LogP contribution >= 0.6 is 12.2 Å². The summed E-state index contributed by atoms with van der Waals surface area (Å²) in [5.74, 6) is 0. The molecule has 0 saturated carbocycles. The second-order valence-corrected chi connectivity index (χ2v) is 2.23. The van der Waals surface area contributed by atoms with E-state index in [9.17, 15) is 4.79 Å². The third-order valence-electron chi connectivity index (χ3n) is 1.30. The molecule has 0 heterocycles. The van der Waals surface area contributed by atoms with Gasteiger partial charge < -0.3 is 5.11 Å². The van der Waals surface area contributed by atoms with Gasteiger partial charge in [0.2, 0.25) is 0 Å². The SMILES string of the molecule is O=C(O)N([C]=S)c1ccccc1. The van der Waals surface area contributed by atoms with Crippen molar-refractivity contribution in [3.8, 4) is 0 Å². The van der Waals surface area contributed by atoms with Crippen LogP contribution in [0.1, 0.15) is 0 Å². The third kappa shape index (κ3) is 1.79. The molecule has 0 fully saturated rings. The molecule has 0 aliphatic rings. The van der Waals surface area contributed by atoms with Gasteiger partial charge in [0, 0.05) is 0 Å². The van der Waals surface area contributed by atoms with Crippen molar-refractivity contribution in [1.29, 1.82) is 0 Å². The summed E-state index contributed by atoms with van der Waals surface area (Å²) in [6.07, 6.45) is -1.13. The summed E-state index contributed by atoms with van der Waals surface area (Å²) in [6.45, 7) is 0. The van der Waals surface area contributed by atoms with E-state index >= 15 is 0 Å². The molecule has 4 heteroatoms. The Morgan fingerprint density at radius 1 is 1.42 bits per heavy atom. The monoisotopic (exact) mass is 180 g/mol. The van der Waals surface area contributed by atoms with Gasteiger partial charge in [0.1, 0.15) is 0 Å². The van der Waals surface area contributed by atoms with Crippen LogP contribution in [0.3, 0.4) is 0 Å². The molecule has 0 saturated heterocycles. The average molecular weight is 180 g/mol. The predicted octanol–water partition coefficient (Wildman–Crippen LogP) is 2.01. The third-order valence-corrected chi connectivity index (χ3v) is 1.48. The largest absolute Gasteiger partial charge is 0.464 e. The zero-order valence-corrected chi connectivity index (χ0v) is 6.91. The number of carbonyl (C=O) groups is 1. The Bertz CT molecular complexity index is 286. The highest BCUT2D eigenvalue weighted by Gasteiger charge is 2.10. The van der Waals surface area contributed by atoms with Crippen molar-refractivity contribution in [3.63, 3.8) is 0 Å². The fraction of sp³-hybridized carbons (Fsp3) is 0. The highest BCUT2D eigenvalue weighted by atomic mass is 32.1. The Morgan fingerprint density at radius 2 is 2.00 bits per heavy atom. The van der Waals surface area contributed by atoms with Crippen molar-refractivity contribution >= 4 is 29.5 Å². The van der Waals surface area contributed by atoms with Crippen LogP contribution < -0.4 is 4.90 Å². The van der Waals surface area contributed by atoms with E-state index in [0.29, 0.717) is 5.69 Å². The standard InChI is InChI=1S/C8H6NO2S/c10-8(11)9(6-12)7-4-2-1-3-5-7/h1-5H,(H,10,11). The van der Waals surface area contributed by atoms with Crippen molar-refractivity contribution < 1.29 is 9.90 Å². The van der Waals surface area contributed by atoms with Crippen molar-refractivity contribution in [2.45, 2.75) is 0 Å². The van der Waals surface area contributed by atoms with E-state index in [0.717, 1.165) is 4.90 Å². The fourth-order valence-electron chi connectivity index (χ4n) is 0.779. The lowest BCUT2D eigenvalue weighted by atomic mass is 10.3. The van der Waals surface area contributed by atoms with Gasteiger partial charge in [0.25, 0.3) is 0 Å². The molecule has 1 aromatic carbocycles. The van der Waals surface area contributed by atoms with Crippen LogP contribution in [0.5, 0.6) is 0 Å². The fourth-order valence-corrected chi connectivity index (χ4v) is 0.963. The van der Waals surface area contributed by atoms with Gasteiger partial charge in [-0.25, -0.2) is 9.69 Å². The van der Waals surface area contributed by atoms with Gasteiger partial charge in [-0.1, -0.05) is 30.4 Å². The maximum atomic E-state index is 10.5. The number of rotatable bonds is 2. The van der Waals surface area contributed by atoms with E-state index in [-0.39, 0.29) is 0 Å². The Hall–Kier alpha value is -1.42. The van der Waals surface area contributed by atoms with Crippen LogP contribution in [0.15, 0.2) is 30.3 Å². The average Bonchev–Trinajstić information content (AvgIpc) is 2.07. The molecular weight excluding hydrogens is 174 g/mol. The van der Waals surface area contributed by atoms with Gasteiger partial charge in [-0.05, 0) is 12.1 Å². The highest BCUT2D eigenvalue weighted by molar-refractivity contribution is 7.79. The topological polar surface area (TPSA) is 40.5 Å². The van der Waals surface area contributed by atoms with E-state index in [2.05, 4.69) is 17.7 Å². The lowest BCUT2D eigenvalue weighted by Gasteiger charge is -2.10. The second-order valence-electron chi connectivity index (χ2n) is 2.04. The number of nitrogens with zero attached hydrogens (tertiary/aromatic N) is 1. The minimum absolute atomic E-state index is 0.500. The Morgan fingerprint density at radius 3 is 2.42 bits per heavy atom. The van der Waals surface area contributed by atoms with Crippen LogP contribution in [0.2, 0.25) is 0 Å². The minimum atomic E-state index is -1.13. The molecule has 0 aliphatic heterocycles. The number of hydrogen-bond donors (Lipinski definition) is 1. The van der Waals surface area contributed by atoms with Crippen molar-refractivity contribution in [3.05, 3.63) is 30.3 Å². The molecule has 1 radical (unpaired) electrons. The first-order valence-electron chi connectivity index (χ1n) is 3.21. The van der Waals surface area contributed by atoms with E-state index in [1.165, 1.54) is 0 Å². The Labute approximate surface area is 75.2 Å². The number of carboxylic acid groups (broad SMARTS) is 1. The Kier molecular flexibility index (Phi) is 2.76. The quantitative estimate of drug-likeness (QED) is 0.559. The van der Waals surface area contributed by atoms with E-state index < -0.39 is 6.09 Å². The van der Waals surface area contributed by atoms with Crippen molar-refractivity contribution in [2.75, 3.05) is 4.90 Å². The van der Waals surface area contributed by atoms with Crippen molar-refractivity contribution in [1.82, 2.24) is 0 Å². The normalized spacial score (nSPS) is 9.00. The first-order chi connectivity index (χ1) is 5.75. The molecule has 1 rings (SSSR count). The molecule has 0 spiro atoms. The molecule has 3 nitrogen and oxygen atoms in total. The number of hydrogen-bond acceptors (Lipinski definition) is 2. The summed E-state index contributed by atoms with van der Waals surface area (Å²) in [6, 6.07) is 8.56. The van der Waals surface area contributed by atoms with Crippen molar-refractivity contribution in [2.24, 2.45) is 0 Å². The second kappa shape index (κ2) is 3.82. The minimum Gasteiger partial charge on any atom is -0.464 e. The van der Waals surface area contributed by atoms with E-state index in [4.69, 9.17) is 5.11 Å². The summed E-state index contributed by atoms with van der Waals surface area (Å²) in [7, 11) is 0. The van der Waals surface area contributed by atoms with E-state index in [1.54, 1.807) is 30.3 Å². The van der Waals surface area contributed by atoms with Crippen LogP contribution in [-0.4, -0.2) is 16.7 Å². The molecule has 0 aliphatic carbocycles. The molecule has 0 aromatic heterocycles.